The third kappa shape index (κ3) is 6.49. The highest BCUT2D eigenvalue weighted by atomic mass is 35.5. The first-order valence-electron chi connectivity index (χ1n) is 13.4. The van der Waals surface area contributed by atoms with Crippen molar-refractivity contribution in [3.05, 3.63) is 70.7 Å². The van der Waals surface area contributed by atoms with Gasteiger partial charge >= 0.3 is 0 Å². The summed E-state index contributed by atoms with van der Waals surface area (Å²) in [6.07, 6.45) is 2.16. The van der Waals surface area contributed by atoms with E-state index in [2.05, 4.69) is 77.9 Å². The number of carbonyl (C=O) groups is 1. The molecular formula is C30H42ClN3O2. The van der Waals surface area contributed by atoms with Gasteiger partial charge in [-0.25, -0.2) is 0 Å². The summed E-state index contributed by atoms with van der Waals surface area (Å²) in [4.78, 5) is 20.4. The van der Waals surface area contributed by atoms with Crippen molar-refractivity contribution in [2.75, 3.05) is 32.7 Å². The predicted octanol–water partition coefficient (Wildman–Crippen LogP) is 5.43. The first kappa shape index (κ1) is 27.1. The molecule has 0 bridgehead atoms. The van der Waals surface area contributed by atoms with Gasteiger partial charge in [0.1, 0.15) is 6.23 Å². The van der Waals surface area contributed by atoms with Gasteiger partial charge in [0.25, 0.3) is 0 Å². The lowest BCUT2D eigenvalue weighted by Gasteiger charge is -2.50. The number of nitrogens with zero attached hydrogens (tertiary/aromatic N) is 3. The van der Waals surface area contributed by atoms with Crippen LogP contribution in [0.5, 0.6) is 0 Å². The van der Waals surface area contributed by atoms with E-state index >= 15 is 0 Å². The zero-order valence-electron chi connectivity index (χ0n) is 22.2. The van der Waals surface area contributed by atoms with E-state index in [0.717, 1.165) is 50.6 Å². The highest BCUT2D eigenvalue weighted by molar-refractivity contribution is 6.30. The molecule has 0 radical (unpaired) electrons. The Kier molecular flexibility index (Phi) is 8.77. The normalized spacial score (nSPS) is 22.4. The van der Waals surface area contributed by atoms with Gasteiger partial charge in [-0.3, -0.25) is 14.6 Å². The fourth-order valence-corrected chi connectivity index (χ4v) is 5.99. The standard InChI is InChI=1S/C30H42ClN3O2/c1-22(35)32-16-14-23(15-17-32)20-28(36)34-19-18-33(21-27(34)30(2,3)4)29(24-8-6-5-7-9-24)25-10-12-26(31)13-11-25/h5-13,22-23,27,29,35H,14-21H2,1-4H3/t22?,27-,29?/m1/s1. The van der Waals surface area contributed by atoms with Gasteiger partial charge in [-0.15, -0.1) is 0 Å². The Bertz CT molecular complexity index is 982. The maximum atomic E-state index is 13.6. The highest BCUT2D eigenvalue weighted by Gasteiger charge is 2.40. The van der Waals surface area contributed by atoms with Gasteiger partial charge in [-0.05, 0) is 54.4 Å². The highest BCUT2D eigenvalue weighted by Crippen LogP contribution is 2.36. The van der Waals surface area contributed by atoms with Crippen LogP contribution in [-0.4, -0.2) is 70.7 Å². The number of piperazine rings is 1. The number of benzene rings is 2. The number of amides is 1. The van der Waals surface area contributed by atoms with Gasteiger partial charge in [0.2, 0.25) is 5.91 Å². The zero-order valence-corrected chi connectivity index (χ0v) is 23.0. The Hall–Kier alpha value is -1.92. The summed E-state index contributed by atoms with van der Waals surface area (Å²) < 4.78 is 0. The molecule has 2 saturated heterocycles. The minimum Gasteiger partial charge on any atom is -0.379 e. The van der Waals surface area contributed by atoms with Gasteiger partial charge < -0.3 is 10.0 Å². The Morgan fingerprint density at radius 2 is 1.56 bits per heavy atom. The SMILES string of the molecule is CC(O)N1CCC(CC(=O)N2CCN(C(c3ccccc3)c3ccc(Cl)cc3)C[C@@H]2C(C)(C)C)CC1. The first-order chi connectivity index (χ1) is 17.1. The molecule has 2 unspecified atom stereocenters. The van der Waals surface area contributed by atoms with Crippen molar-refractivity contribution < 1.29 is 9.90 Å². The van der Waals surface area contributed by atoms with E-state index in [4.69, 9.17) is 11.6 Å². The molecule has 5 nitrogen and oxygen atoms in total. The van der Waals surface area contributed by atoms with Crippen LogP contribution in [0.25, 0.3) is 0 Å². The molecule has 2 aromatic carbocycles. The lowest BCUT2D eigenvalue weighted by Crippen LogP contribution is -2.60. The molecule has 4 rings (SSSR count). The van der Waals surface area contributed by atoms with Crippen LogP contribution in [0.2, 0.25) is 5.02 Å². The summed E-state index contributed by atoms with van der Waals surface area (Å²) in [5.41, 5.74) is 2.45. The third-order valence-corrected chi connectivity index (χ3v) is 8.29. The van der Waals surface area contributed by atoms with Gasteiger partial charge in [0, 0.05) is 50.2 Å². The van der Waals surface area contributed by atoms with Gasteiger partial charge in [-0.1, -0.05) is 74.8 Å². The van der Waals surface area contributed by atoms with Crippen LogP contribution in [0, 0.1) is 11.3 Å². The van der Waals surface area contributed by atoms with Crippen molar-refractivity contribution in [2.45, 2.75) is 65.3 Å². The molecule has 2 aromatic rings. The van der Waals surface area contributed by atoms with Crippen molar-refractivity contribution in [3.63, 3.8) is 0 Å². The molecule has 0 aliphatic carbocycles. The summed E-state index contributed by atoms with van der Waals surface area (Å²) in [7, 11) is 0. The zero-order chi connectivity index (χ0) is 25.9. The molecule has 6 heteroatoms. The smallest absolute Gasteiger partial charge is 0.223 e. The Balaban J connectivity index is 1.51. The molecule has 2 heterocycles. The molecule has 0 saturated carbocycles. The van der Waals surface area contributed by atoms with E-state index in [1.54, 1.807) is 0 Å². The van der Waals surface area contributed by atoms with Crippen LogP contribution in [0.3, 0.4) is 0 Å². The van der Waals surface area contributed by atoms with E-state index in [-0.39, 0.29) is 23.4 Å². The number of carbonyl (C=O) groups excluding carboxylic acids is 1. The minimum atomic E-state index is -0.404. The molecule has 0 aromatic heterocycles. The second-order valence-corrected chi connectivity index (χ2v) is 12.1. The van der Waals surface area contributed by atoms with Crippen LogP contribution in [-0.2, 0) is 4.79 Å². The summed E-state index contributed by atoms with van der Waals surface area (Å²) in [5, 5.41) is 10.6. The number of piperidine rings is 1. The van der Waals surface area contributed by atoms with Crippen LogP contribution < -0.4 is 0 Å². The number of hydrogen-bond donors (Lipinski definition) is 1. The van der Waals surface area contributed by atoms with Crippen LogP contribution in [0.4, 0.5) is 0 Å². The van der Waals surface area contributed by atoms with Crippen molar-refractivity contribution in [2.24, 2.45) is 11.3 Å². The fraction of sp³-hybridized carbons (Fsp3) is 0.567. The summed E-state index contributed by atoms with van der Waals surface area (Å²) in [6.45, 7) is 12.7. The maximum Gasteiger partial charge on any atom is 0.223 e. The molecule has 2 aliphatic rings. The van der Waals surface area contributed by atoms with Crippen LogP contribution >= 0.6 is 11.6 Å². The van der Waals surface area contributed by atoms with Gasteiger partial charge in [0.05, 0.1) is 6.04 Å². The molecule has 3 atom stereocenters. The lowest BCUT2D eigenvalue weighted by molar-refractivity contribution is -0.141. The monoisotopic (exact) mass is 511 g/mol. The number of aliphatic hydroxyl groups is 1. The van der Waals surface area contributed by atoms with E-state index in [9.17, 15) is 9.90 Å². The molecule has 1 amide bonds. The average molecular weight is 512 g/mol. The van der Waals surface area contributed by atoms with Crippen LogP contribution in [0.1, 0.15) is 64.1 Å². The van der Waals surface area contributed by atoms with Crippen LogP contribution in [0.15, 0.2) is 54.6 Å². The second-order valence-electron chi connectivity index (χ2n) is 11.6. The molecular weight excluding hydrogens is 470 g/mol. The Morgan fingerprint density at radius 3 is 2.14 bits per heavy atom. The molecule has 196 valence electrons. The van der Waals surface area contributed by atoms with Gasteiger partial charge in [-0.2, -0.15) is 0 Å². The molecule has 36 heavy (non-hydrogen) atoms. The summed E-state index contributed by atoms with van der Waals surface area (Å²) in [5.74, 6) is 0.685. The molecule has 0 spiro atoms. The third-order valence-electron chi connectivity index (χ3n) is 8.04. The van der Waals surface area contributed by atoms with Crippen molar-refractivity contribution in [1.82, 2.24) is 14.7 Å². The van der Waals surface area contributed by atoms with Gasteiger partial charge in [0.15, 0.2) is 0 Å². The largest absolute Gasteiger partial charge is 0.379 e. The fourth-order valence-electron chi connectivity index (χ4n) is 5.87. The van der Waals surface area contributed by atoms with Crippen molar-refractivity contribution in [1.29, 1.82) is 0 Å². The Labute approximate surface area is 222 Å². The second kappa shape index (κ2) is 11.6. The minimum absolute atomic E-state index is 0.0365. The van der Waals surface area contributed by atoms with E-state index in [0.29, 0.717) is 12.3 Å². The number of likely N-dealkylation sites (tertiary alicyclic amines) is 1. The molecule has 2 fully saturated rings. The number of rotatable bonds is 6. The summed E-state index contributed by atoms with van der Waals surface area (Å²) >= 11 is 6.22. The molecule has 1 N–H and O–H groups in total. The summed E-state index contributed by atoms with van der Waals surface area (Å²) in [6, 6.07) is 19.1. The van der Waals surface area contributed by atoms with Crippen molar-refractivity contribution in [3.8, 4) is 0 Å². The lowest BCUT2D eigenvalue weighted by atomic mass is 9.82. The van der Waals surface area contributed by atoms with E-state index in [1.165, 1.54) is 11.1 Å². The number of halogens is 1. The predicted molar refractivity (Wildman–Crippen MR) is 147 cm³/mol. The molecule has 2 aliphatic heterocycles. The van der Waals surface area contributed by atoms with Crippen molar-refractivity contribution >= 4 is 17.5 Å². The maximum absolute atomic E-state index is 13.6. The average Bonchev–Trinajstić information content (AvgIpc) is 2.86. The first-order valence-corrected chi connectivity index (χ1v) is 13.8. The number of hydrogen-bond acceptors (Lipinski definition) is 4. The number of aliphatic hydroxyl groups excluding tert-OH is 1. The topological polar surface area (TPSA) is 47.0 Å². The van der Waals surface area contributed by atoms with E-state index in [1.807, 2.05) is 19.1 Å². The van der Waals surface area contributed by atoms with E-state index < -0.39 is 6.23 Å². The quantitative estimate of drug-likeness (QED) is 0.562. The Morgan fingerprint density at radius 1 is 0.944 bits per heavy atom.